The monoisotopic (exact) mass is 531 g/mol. The average Bonchev–Trinajstić information content (AvgIpc) is 3.20. The molecule has 0 aliphatic carbocycles. The second-order valence-corrected chi connectivity index (χ2v) is 11.5. The molecule has 0 spiro atoms. The first kappa shape index (κ1) is 27.4. The van der Waals surface area contributed by atoms with Crippen LogP contribution in [-0.4, -0.2) is 26.4 Å². The van der Waals surface area contributed by atoms with Gasteiger partial charge in [-0.2, -0.15) is 0 Å². The zero-order chi connectivity index (χ0) is 28.3. The molecule has 0 radical (unpaired) electrons. The average molecular weight is 532 g/mol. The van der Waals surface area contributed by atoms with Crippen molar-refractivity contribution in [2.75, 3.05) is 0 Å². The third-order valence-electron chi connectivity index (χ3n) is 7.96. The minimum Gasteiger partial charge on any atom is -0.477 e. The lowest BCUT2D eigenvalue weighted by Crippen LogP contribution is -2.53. The third kappa shape index (κ3) is 5.19. The van der Waals surface area contributed by atoms with Crippen molar-refractivity contribution >= 4 is 11.8 Å². The predicted octanol–water partition coefficient (Wildman–Crippen LogP) is 7.50. The number of rotatable bonds is 9. The van der Waals surface area contributed by atoms with E-state index in [0.717, 1.165) is 45.6 Å². The van der Waals surface area contributed by atoms with Crippen molar-refractivity contribution < 1.29 is 14.5 Å². The van der Waals surface area contributed by atoms with Gasteiger partial charge in [-0.25, -0.2) is 14.3 Å². The van der Waals surface area contributed by atoms with Crippen LogP contribution in [0, 0.1) is 19.8 Å². The Morgan fingerprint density at radius 2 is 1.32 bits per heavy atom. The molecule has 1 aliphatic heterocycles. The Kier molecular flexibility index (Phi) is 7.88. The van der Waals surface area contributed by atoms with Gasteiger partial charge in [0.05, 0.1) is 6.42 Å². The first-order chi connectivity index (χ1) is 19.3. The van der Waals surface area contributed by atoms with Crippen LogP contribution in [0.3, 0.4) is 0 Å². The van der Waals surface area contributed by atoms with Crippen LogP contribution in [-0.2, 0) is 23.4 Å². The van der Waals surface area contributed by atoms with Gasteiger partial charge in [0.25, 0.3) is 5.54 Å². The largest absolute Gasteiger partial charge is 0.477 e. The van der Waals surface area contributed by atoms with E-state index in [0.29, 0.717) is 19.0 Å². The molecule has 1 N–H and O–H groups in total. The van der Waals surface area contributed by atoms with E-state index >= 15 is 0 Å². The highest BCUT2D eigenvalue weighted by molar-refractivity contribution is 5.92. The van der Waals surface area contributed by atoms with E-state index in [9.17, 15) is 9.90 Å². The normalized spacial score (nSPS) is 18.9. The molecule has 204 valence electrons. The van der Waals surface area contributed by atoms with Crippen LogP contribution in [0.1, 0.15) is 59.7 Å². The van der Waals surface area contributed by atoms with Crippen molar-refractivity contribution in [1.29, 1.82) is 0 Å². The second-order valence-electron chi connectivity index (χ2n) is 11.5. The maximum atomic E-state index is 14.0. The van der Waals surface area contributed by atoms with Gasteiger partial charge in [-0.15, -0.1) is 0 Å². The van der Waals surface area contributed by atoms with E-state index in [1.807, 2.05) is 55.5 Å². The molecule has 0 amide bonds. The number of aliphatic carboxylic acids is 1. The van der Waals surface area contributed by atoms with Crippen molar-refractivity contribution in [2.45, 2.75) is 58.8 Å². The van der Waals surface area contributed by atoms with Crippen LogP contribution in [0.15, 0.2) is 109 Å². The molecule has 4 nitrogen and oxygen atoms in total. The van der Waals surface area contributed by atoms with Crippen molar-refractivity contribution in [1.82, 2.24) is 4.90 Å². The van der Waals surface area contributed by atoms with Gasteiger partial charge in [0.15, 0.2) is 6.04 Å². The van der Waals surface area contributed by atoms with E-state index in [4.69, 9.17) is 0 Å². The SMILES string of the molecule is Cc1ccc([C@H]2[N+](Cc3ccccc3)=C(CC(C)C)N(Cc3ccccc3)[C@]2(C(=O)O)c2ccc(C)cc2)cc1. The van der Waals surface area contributed by atoms with Crippen molar-refractivity contribution in [2.24, 2.45) is 5.92 Å². The summed E-state index contributed by atoms with van der Waals surface area (Å²) in [6.07, 6.45) is 0.767. The number of carbonyl (C=O) groups is 1. The number of hydrogen-bond acceptors (Lipinski definition) is 2. The quantitative estimate of drug-likeness (QED) is 0.228. The number of nitrogens with zero attached hydrogens (tertiary/aromatic N) is 2. The Hall–Kier alpha value is -4.18. The molecule has 0 bridgehead atoms. The van der Waals surface area contributed by atoms with E-state index in [1.54, 1.807) is 0 Å². The minimum absolute atomic E-state index is 0.341. The maximum Gasteiger partial charge on any atom is 0.362 e. The molecular formula is C36H39N2O2+. The maximum absolute atomic E-state index is 14.0. The molecule has 0 fully saturated rings. The molecule has 4 aromatic rings. The van der Waals surface area contributed by atoms with Gasteiger partial charge in [0, 0.05) is 11.1 Å². The number of carboxylic acid groups (broad SMARTS) is 1. The van der Waals surface area contributed by atoms with Gasteiger partial charge >= 0.3 is 5.97 Å². The number of hydrogen-bond donors (Lipinski definition) is 1. The van der Waals surface area contributed by atoms with E-state index in [2.05, 4.69) is 90.9 Å². The van der Waals surface area contributed by atoms with Crippen LogP contribution < -0.4 is 0 Å². The van der Waals surface area contributed by atoms with E-state index < -0.39 is 17.6 Å². The topological polar surface area (TPSA) is 43.5 Å². The predicted molar refractivity (Wildman–Crippen MR) is 161 cm³/mol. The second kappa shape index (κ2) is 11.5. The summed E-state index contributed by atoms with van der Waals surface area (Å²) in [5.41, 5.74) is 4.97. The Balaban J connectivity index is 1.84. The Morgan fingerprint density at radius 1 is 0.800 bits per heavy atom. The molecule has 1 aliphatic rings. The van der Waals surface area contributed by atoms with Crippen molar-refractivity contribution in [3.8, 4) is 0 Å². The Labute approximate surface area is 238 Å². The first-order valence-corrected chi connectivity index (χ1v) is 14.2. The van der Waals surface area contributed by atoms with Crippen LogP contribution >= 0.6 is 0 Å². The van der Waals surface area contributed by atoms with Crippen LogP contribution in [0.4, 0.5) is 0 Å². The Morgan fingerprint density at radius 3 is 1.85 bits per heavy atom. The van der Waals surface area contributed by atoms with Crippen molar-refractivity contribution in [3.05, 3.63) is 143 Å². The summed E-state index contributed by atoms with van der Waals surface area (Å²) in [7, 11) is 0. The summed E-state index contributed by atoms with van der Waals surface area (Å²) in [5.74, 6) is 0.568. The van der Waals surface area contributed by atoms with Crippen LogP contribution in [0.25, 0.3) is 0 Å². The summed E-state index contributed by atoms with van der Waals surface area (Å²) in [6.45, 7) is 9.65. The molecule has 4 heteroatoms. The molecule has 0 saturated heterocycles. The molecule has 40 heavy (non-hydrogen) atoms. The van der Waals surface area contributed by atoms with E-state index in [-0.39, 0.29) is 0 Å². The zero-order valence-electron chi connectivity index (χ0n) is 23.9. The highest BCUT2D eigenvalue weighted by atomic mass is 16.4. The summed E-state index contributed by atoms with van der Waals surface area (Å²) in [5, 5.41) is 11.5. The number of amidine groups is 1. The highest BCUT2D eigenvalue weighted by Crippen LogP contribution is 2.49. The highest BCUT2D eigenvalue weighted by Gasteiger charge is 2.66. The summed E-state index contributed by atoms with van der Waals surface area (Å²) in [6, 6.07) is 36.7. The fourth-order valence-electron chi connectivity index (χ4n) is 6.07. The fourth-order valence-corrected chi connectivity index (χ4v) is 6.07. The Bertz CT molecular complexity index is 1480. The van der Waals surface area contributed by atoms with Gasteiger partial charge in [0.1, 0.15) is 13.1 Å². The molecule has 0 aromatic heterocycles. The van der Waals surface area contributed by atoms with Gasteiger partial charge in [0.2, 0.25) is 5.84 Å². The standard InChI is InChI=1S/C36H38N2O2/c1-26(2)23-33-37(24-29-11-7-5-8-12-29)34(31-19-15-27(3)16-20-31)36(35(39)40,32-21-17-28(4)18-22-32)38(33)25-30-13-9-6-10-14-30/h5-22,26,34H,23-25H2,1-4H3/p+1/t34-,36-/m1/s1. The smallest absolute Gasteiger partial charge is 0.362 e. The lowest BCUT2D eigenvalue weighted by Gasteiger charge is -2.35. The van der Waals surface area contributed by atoms with Crippen molar-refractivity contribution in [3.63, 3.8) is 0 Å². The zero-order valence-corrected chi connectivity index (χ0v) is 23.9. The molecule has 2 atom stereocenters. The lowest BCUT2D eigenvalue weighted by molar-refractivity contribution is -0.587. The minimum atomic E-state index is -1.34. The molecule has 1 heterocycles. The number of benzene rings is 4. The number of carboxylic acids is 1. The molecular weight excluding hydrogens is 492 g/mol. The first-order valence-electron chi connectivity index (χ1n) is 14.2. The van der Waals surface area contributed by atoms with Crippen LogP contribution in [0.2, 0.25) is 0 Å². The van der Waals surface area contributed by atoms with Gasteiger partial charge in [-0.3, -0.25) is 0 Å². The van der Waals surface area contributed by atoms with Gasteiger partial charge in [-0.1, -0.05) is 134 Å². The fraction of sp³-hybridized carbons (Fsp3) is 0.278. The molecule has 0 unspecified atom stereocenters. The van der Waals surface area contributed by atoms with Gasteiger partial charge < -0.3 is 5.11 Å². The molecule has 5 rings (SSSR count). The van der Waals surface area contributed by atoms with E-state index in [1.165, 1.54) is 0 Å². The summed E-state index contributed by atoms with van der Waals surface area (Å²) in [4.78, 5) is 16.2. The summed E-state index contributed by atoms with van der Waals surface area (Å²) < 4.78 is 2.37. The number of aryl methyl sites for hydroxylation is 2. The molecule has 4 aromatic carbocycles. The van der Waals surface area contributed by atoms with Crippen LogP contribution in [0.5, 0.6) is 0 Å². The van der Waals surface area contributed by atoms with Gasteiger partial charge in [-0.05, 0) is 30.9 Å². The lowest BCUT2D eigenvalue weighted by atomic mass is 9.77. The summed E-state index contributed by atoms with van der Waals surface area (Å²) >= 11 is 0. The molecule has 0 saturated carbocycles. The third-order valence-corrected chi connectivity index (χ3v) is 7.96.